The minimum absolute atomic E-state index is 0.129. The summed E-state index contributed by atoms with van der Waals surface area (Å²) in [4.78, 5) is 16.3. The third-order valence-electron chi connectivity index (χ3n) is 3.06. The number of fused-ring (bicyclic) bond motifs is 1. The monoisotopic (exact) mass is 299 g/mol. The molecule has 0 aliphatic carbocycles. The number of hydrogen-bond donors (Lipinski definition) is 0. The van der Waals surface area contributed by atoms with E-state index in [0.29, 0.717) is 22.8 Å². The first-order valence-electron chi connectivity index (χ1n) is 6.51. The quantitative estimate of drug-likeness (QED) is 0.737. The number of benzene rings is 2. The fourth-order valence-electron chi connectivity index (χ4n) is 2.01. The number of nitrogens with zero attached hydrogens (tertiary/aromatic N) is 1. The van der Waals surface area contributed by atoms with Gasteiger partial charge in [-0.25, -0.2) is 4.79 Å². The topological polar surface area (TPSA) is 70.8 Å². The number of aromatic nitrogens is 1. The van der Waals surface area contributed by atoms with Crippen LogP contribution in [0.1, 0.15) is 0 Å². The maximum atomic E-state index is 12.1. The molecule has 0 aliphatic rings. The van der Waals surface area contributed by atoms with Crippen molar-refractivity contribution < 1.29 is 18.6 Å². The number of hydrogen-bond acceptors (Lipinski definition) is 6. The Kier molecular flexibility index (Phi) is 3.65. The van der Waals surface area contributed by atoms with Crippen LogP contribution in [0.25, 0.3) is 10.9 Å². The van der Waals surface area contributed by atoms with Gasteiger partial charge in [0.1, 0.15) is 5.75 Å². The Bertz CT molecular complexity index is 858. The van der Waals surface area contributed by atoms with E-state index in [1.54, 1.807) is 18.2 Å². The van der Waals surface area contributed by atoms with E-state index in [4.69, 9.17) is 18.6 Å². The van der Waals surface area contributed by atoms with Crippen LogP contribution in [0.15, 0.2) is 51.7 Å². The molecule has 112 valence electrons. The van der Waals surface area contributed by atoms with Crippen LogP contribution < -0.4 is 19.8 Å². The smallest absolute Gasteiger partial charge is 0.402 e. The molecule has 0 amide bonds. The number of ether oxygens (including phenoxy) is 3. The van der Waals surface area contributed by atoms with Crippen LogP contribution >= 0.6 is 0 Å². The molecular weight excluding hydrogens is 286 g/mol. The largest absolute Gasteiger partial charge is 0.493 e. The highest BCUT2D eigenvalue weighted by molar-refractivity contribution is 5.81. The highest BCUT2D eigenvalue weighted by atomic mass is 16.6. The van der Waals surface area contributed by atoms with Crippen molar-refractivity contribution >= 4 is 10.9 Å². The van der Waals surface area contributed by atoms with Gasteiger partial charge in [0.05, 0.1) is 25.1 Å². The van der Waals surface area contributed by atoms with Crippen molar-refractivity contribution in [2.75, 3.05) is 14.2 Å². The van der Waals surface area contributed by atoms with Gasteiger partial charge >= 0.3 is 11.7 Å². The van der Waals surface area contributed by atoms with Gasteiger partial charge in [0.15, 0.2) is 11.5 Å². The Labute approximate surface area is 125 Å². The molecule has 0 fully saturated rings. The van der Waals surface area contributed by atoms with E-state index in [1.165, 1.54) is 20.3 Å². The van der Waals surface area contributed by atoms with Gasteiger partial charge in [0.25, 0.3) is 0 Å². The average molecular weight is 299 g/mol. The standard InChI is InChI=1S/C16H13NO5/c1-19-13-8-11-12(9-14(13)20-2)17-16(22-15(11)18)21-10-6-4-3-5-7-10/h3-9H,1-2H3. The maximum Gasteiger partial charge on any atom is 0.402 e. The van der Waals surface area contributed by atoms with Crippen LogP contribution in [0.5, 0.6) is 23.3 Å². The molecule has 3 aromatic rings. The molecule has 0 atom stereocenters. The second kappa shape index (κ2) is 5.77. The molecule has 0 unspecified atom stereocenters. The first-order chi connectivity index (χ1) is 10.7. The van der Waals surface area contributed by atoms with Crippen LogP contribution in [-0.2, 0) is 0 Å². The Balaban J connectivity index is 2.09. The Morgan fingerprint density at radius 1 is 1.00 bits per heavy atom. The lowest BCUT2D eigenvalue weighted by Crippen LogP contribution is -2.04. The Morgan fingerprint density at radius 3 is 2.36 bits per heavy atom. The molecule has 0 spiro atoms. The highest BCUT2D eigenvalue weighted by Gasteiger charge is 2.13. The molecule has 0 N–H and O–H groups in total. The normalized spacial score (nSPS) is 10.5. The summed E-state index contributed by atoms with van der Waals surface area (Å²) in [6.45, 7) is 0. The van der Waals surface area contributed by atoms with Crippen molar-refractivity contribution in [1.82, 2.24) is 4.98 Å². The van der Waals surface area contributed by atoms with E-state index in [2.05, 4.69) is 4.98 Å². The van der Waals surface area contributed by atoms with Crippen LogP contribution in [0.3, 0.4) is 0 Å². The lowest BCUT2D eigenvalue weighted by Gasteiger charge is -2.08. The van der Waals surface area contributed by atoms with Crippen molar-refractivity contribution in [3.8, 4) is 23.3 Å². The van der Waals surface area contributed by atoms with Gasteiger partial charge in [-0.15, -0.1) is 0 Å². The Morgan fingerprint density at radius 2 is 1.68 bits per heavy atom. The van der Waals surface area contributed by atoms with Gasteiger partial charge in [-0.3, -0.25) is 0 Å². The van der Waals surface area contributed by atoms with E-state index < -0.39 is 5.63 Å². The average Bonchev–Trinajstić information content (AvgIpc) is 2.54. The van der Waals surface area contributed by atoms with Crippen molar-refractivity contribution in [1.29, 1.82) is 0 Å². The van der Waals surface area contributed by atoms with Gasteiger partial charge in [-0.2, -0.15) is 4.98 Å². The molecule has 2 aromatic carbocycles. The summed E-state index contributed by atoms with van der Waals surface area (Å²) in [6.07, 6.45) is -0.129. The number of methoxy groups -OCH3 is 2. The van der Waals surface area contributed by atoms with E-state index in [0.717, 1.165) is 0 Å². The molecule has 3 rings (SSSR count). The molecule has 0 aliphatic heterocycles. The minimum atomic E-state index is -0.558. The van der Waals surface area contributed by atoms with Gasteiger partial charge in [-0.05, 0) is 12.1 Å². The molecule has 6 heteroatoms. The van der Waals surface area contributed by atoms with Crippen LogP contribution in [-0.4, -0.2) is 19.2 Å². The molecular formula is C16H13NO5. The van der Waals surface area contributed by atoms with Crippen molar-refractivity contribution in [3.05, 3.63) is 52.9 Å². The number of para-hydroxylation sites is 1. The van der Waals surface area contributed by atoms with E-state index in [1.807, 2.05) is 18.2 Å². The van der Waals surface area contributed by atoms with Crippen molar-refractivity contribution in [2.24, 2.45) is 0 Å². The minimum Gasteiger partial charge on any atom is -0.493 e. The van der Waals surface area contributed by atoms with Crippen molar-refractivity contribution in [2.45, 2.75) is 0 Å². The van der Waals surface area contributed by atoms with Gasteiger partial charge in [-0.1, -0.05) is 18.2 Å². The van der Waals surface area contributed by atoms with Crippen molar-refractivity contribution in [3.63, 3.8) is 0 Å². The SMILES string of the molecule is COc1cc2nc(Oc3ccccc3)oc(=O)c2cc1OC. The molecule has 1 heterocycles. The first-order valence-corrected chi connectivity index (χ1v) is 6.51. The Hall–Kier alpha value is -3.02. The summed E-state index contributed by atoms with van der Waals surface area (Å²) in [5.74, 6) is 1.43. The predicted octanol–water partition coefficient (Wildman–Crippen LogP) is 3.00. The molecule has 0 saturated heterocycles. The van der Waals surface area contributed by atoms with Crippen LogP contribution in [0.4, 0.5) is 0 Å². The summed E-state index contributed by atoms with van der Waals surface area (Å²) >= 11 is 0. The van der Waals surface area contributed by atoms with Gasteiger partial charge in [0, 0.05) is 12.1 Å². The lowest BCUT2D eigenvalue weighted by molar-refractivity contribution is 0.306. The third-order valence-corrected chi connectivity index (χ3v) is 3.06. The van der Waals surface area contributed by atoms with E-state index >= 15 is 0 Å². The molecule has 0 radical (unpaired) electrons. The molecule has 0 bridgehead atoms. The predicted molar refractivity (Wildman–Crippen MR) is 79.9 cm³/mol. The molecule has 6 nitrogen and oxygen atoms in total. The van der Waals surface area contributed by atoms with Crippen LogP contribution in [0.2, 0.25) is 0 Å². The summed E-state index contributed by atoms with van der Waals surface area (Å²) in [6, 6.07) is 12.1. The highest BCUT2D eigenvalue weighted by Crippen LogP contribution is 2.31. The third kappa shape index (κ3) is 2.58. The zero-order valence-electron chi connectivity index (χ0n) is 12.0. The summed E-state index contributed by atoms with van der Waals surface area (Å²) in [7, 11) is 3.00. The number of rotatable bonds is 4. The zero-order chi connectivity index (χ0) is 15.5. The first kappa shape index (κ1) is 13.9. The molecule has 0 saturated carbocycles. The lowest BCUT2D eigenvalue weighted by atomic mass is 10.2. The van der Waals surface area contributed by atoms with E-state index in [-0.39, 0.29) is 11.5 Å². The summed E-state index contributed by atoms with van der Waals surface area (Å²) in [5, 5.41) is 0.290. The second-order valence-electron chi connectivity index (χ2n) is 4.41. The van der Waals surface area contributed by atoms with Crippen LogP contribution in [0, 0.1) is 0 Å². The van der Waals surface area contributed by atoms with Gasteiger partial charge in [0.2, 0.25) is 0 Å². The second-order valence-corrected chi connectivity index (χ2v) is 4.41. The summed E-state index contributed by atoms with van der Waals surface area (Å²) < 4.78 is 20.9. The fourth-order valence-corrected chi connectivity index (χ4v) is 2.01. The fraction of sp³-hybridized carbons (Fsp3) is 0.125. The van der Waals surface area contributed by atoms with Gasteiger partial charge < -0.3 is 18.6 Å². The zero-order valence-corrected chi connectivity index (χ0v) is 12.0. The molecule has 22 heavy (non-hydrogen) atoms. The summed E-state index contributed by atoms with van der Waals surface area (Å²) in [5.41, 5.74) is -0.156. The maximum absolute atomic E-state index is 12.1. The van der Waals surface area contributed by atoms with E-state index in [9.17, 15) is 4.79 Å². The molecule has 1 aromatic heterocycles.